The second-order valence-electron chi connectivity index (χ2n) is 4.66. The lowest BCUT2D eigenvalue weighted by molar-refractivity contribution is 0.0294. The molecule has 6 heteroatoms. The number of aryl methyl sites for hydroxylation is 1. The molecular weight excluding hydrogens is 288 g/mol. The number of ether oxygens (including phenoxy) is 1. The van der Waals surface area contributed by atoms with Gasteiger partial charge in [-0.3, -0.25) is 4.18 Å². The molecule has 0 aromatic heterocycles. The lowest BCUT2D eigenvalue weighted by Crippen LogP contribution is -2.20. The zero-order valence-corrected chi connectivity index (χ0v) is 12.3. The van der Waals surface area contributed by atoms with Crippen molar-refractivity contribution in [2.45, 2.75) is 36.9 Å². The van der Waals surface area contributed by atoms with E-state index in [9.17, 15) is 8.42 Å². The largest absolute Gasteiger partial charge is 0.371 e. The molecule has 0 spiro atoms. The summed E-state index contributed by atoms with van der Waals surface area (Å²) in [6.45, 7) is 1.94. The van der Waals surface area contributed by atoms with E-state index in [2.05, 4.69) is 0 Å². The highest BCUT2D eigenvalue weighted by atomic mass is 35.5. The Hall–Kier alpha value is -0.620. The van der Waals surface area contributed by atoms with Crippen molar-refractivity contribution in [1.82, 2.24) is 0 Å². The van der Waals surface area contributed by atoms with Crippen molar-refractivity contribution in [3.05, 3.63) is 29.8 Å². The molecule has 1 aromatic rings. The molecule has 1 aliphatic rings. The molecule has 106 valence electrons. The van der Waals surface area contributed by atoms with Crippen LogP contribution in [0.5, 0.6) is 0 Å². The molecule has 1 aliphatic heterocycles. The Morgan fingerprint density at radius 3 is 2.47 bits per heavy atom. The molecule has 0 saturated carbocycles. The highest BCUT2D eigenvalue weighted by Crippen LogP contribution is 2.22. The van der Waals surface area contributed by atoms with Crippen LogP contribution in [0.2, 0.25) is 0 Å². The van der Waals surface area contributed by atoms with Crippen LogP contribution in [0.25, 0.3) is 0 Å². The number of halogens is 1. The fourth-order valence-corrected chi connectivity index (χ4v) is 3.12. The van der Waals surface area contributed by atoms with Crippen molar-refractivity contribution < 1.29 is 17.3 Å². The number of alkyl halides is 1. The first-order valence-electron chi connectivity index (χ1n) is 6.19. The van der Waals surface area contributed by atoms with Crippen LogP contribution in [-0.4, -0.2) is 33.1 Å². The fourth-order valence-electron chi connectivity index (χ4n) is 1.95. The molecule has 2 rings (SSSR count). The van der Waals surface area contributed by atoms with Crippen molar-refractivity contribution in [1.29, 1.82) is 0 Å². The average molecular weight is 305 g/mol. The summed E-state index contributed by atoms with van der Waals surface area (Å²) >= 11 is 5.69. The number of rotatable bonds is 5. The Labute approximate surface area is 118 Å². The zero-order valence-electron chi connectivity index (χ0n) is 10.7. The predicted octanol–water partition coefficient (Wildman–Crippen LogP) is 2.49. The Kier molecular flexibility index (Phi) is 4.84. The van der Waals surface area contributed by atoms with E-state index in [-0.39, 0.29) is 23.7 Å². The summed E-state index contributed by atoms with van der Waals surface area (Å²) in [5, 5.41) is 0. The zero-order chi connectivity index (χ0) is 13.9. The molecule has 0 amide bonds. The molecule has 0 radical (unpaired) electrons. The number of hydrogen-bond donors (Lipinski definition) is 0. The van der Waals surface area contributed by atoms with E-state index in [0.29, 0.717) is 5.88 Å². The van der Waals surface area contributed by atoms with Crippen molar-refractivity contribution in [2.24, 2.45) is 0 Å². The Balaban J connectivity index is 1.93. The Morgan fingerprint density at radius 1 is 1.26 bits per heavy atom. The van der Waals surface area contributed by atoms with E-state index in [1.165, 1.54) is 0 Å². The molecule has 2 atom stereocenters. The maximum Gasteiger partial charge on any atom is 0.297 e. The molecule has 1 aromatic carbocycles. The predicted molar refractivity (Wildman–Crippen MR) is 72.9 cm³/mol. The van der Waals surface area contributed by atoms with Crippen LogP contribution in [0.15, 0.2) is 29.2 Å². The topological polar surface area (TPSA) is 52.6 Å². The highest BCUT2D eigenvalue weighted by molar-refractivity contribution is 7.86. The van der Waals surface area contributed by atoms with E-state index in [0.717, 1.165) is 18.4 Å². The first-order valence-corrected chi connectivity index (χ1v) is 8.13. The van der Waals surface area contributed by atoms with Gasteiger partial charge in [-0.15, -0.1) is 11.6 Å². The monoisotopic (exact) mass is 304 g/mol. The van der Waals surface area contributed by atoms with Crippen LogP contribution in [0.3, 0.4) is 0 Å². The summed E-state index contributed by atoms with van der Waals surface area (Å²) in [4.78, 5) is 0.171. The smallest absolute Gasteiger partial charge is 0.297 e. The van der Waals surface area contributed by atoms with Crippen LogP contribution in [0.4, 0.5) is 0 Å². The summed E-state index contributed by atoms with van der Waals surface area (Å²) in [5.41, 5.74) is 1.00. The quantitative estimate of drug-likeness (QED) is 0.619. The van der Waals surface area contributed by atoms with E-state index in [4.69, 9.17) is 20.5 Å². The van der Waals surface area contributed by atoms with Crippen molar-refractivity contribution in [3.63, 3.8) is 0 Å². The normalized spacial score (nSPS) is 23.7. The van der Waals surface area contributed by atoms with Gasteiger partial charge in [0.2, 0.25) is 0 Å². The van der Waals surface area contributed by atoms with Gasteiger partial charge >= 0.3 is 0 Å². The van der Waals surface area contributed by atoms with Crippen LogP contribution in [0, 0.1) is 6.92 Å². The SMILES string of the molecule is Cc1ccc(S(=O)(=O)OC[C@@H]2CC[C@@H](CCl)O2)cc1. The summed E-state index contributed by atoms with van der Waals surface area (Å²) in [6.07, 6.45) is 1.45. The third-order valence-electron chi connectivity index (χ3n) is 3.09. The van der Waals surface area contributed by atoms with E-state index < -0.39 is 10.1 Å². The maximum absolute atomic E-state index is 11.9. The molecule has 4 nitrogen and oxygen atoms in total. The molecule has 1 heterocycles. The number of hydrogen-bond acceptors (Lipinski definition) is 4. The summed E-state index contributed by atoms with van der Waals surface area (Å²) in [7, 11) is -3.70. The minimum Gasteiger partial charge on any atom is -0.371 e. The molecular formula is C13H17ClO4S. The van der Waals surface area contributed by atoms with Gasteiger partial charge in [-0.25, -0.2) is 0 Å². The van der Waals surface area contributed by atoms with Crippen molar-refractivity contribution in [3.8, 4) is 0 Å². The van der Waals surface area contributed by atoms with Gasteiger partial charge in [0.05, 0.1) is 23.7 Å². The fraction of sp³-hybridized carbons (Fsp3) is 0.538. The van der Waals surface area contributed by atoms with Crippen LogP contribution >= 0.6 is 11.6 Å². The van der Waals surface area contributed by atoms with Crippen LogP contribution < -0.4 is 0 Å². The molecule has 0 bridgehead atoms. The van der Waals surface area contributed by atoms with Gasteiger partial charge < -0.3 is 4.74 Å². The minimum atomic E-state index is -3.70. The third kappa shape index (κ3) is 3.92. The van der Waals surface area contributed by atoms with E-state index >= 15 is 0 Å². The van der Waals surface area contributed by atoms with E-state index in [1.54, 1.807) is 24.3 Å². The average Bonchev–Trinajstić information content (AvgIpc) is 2.85. The van der Waals surface area contributed by atoms with Crippen LogP contribution in [-0.2, 0) is 19.0 Å². The minimum absolute atomic E-state index is 0.0114. The molecule has 0 unspecified atom stereocenters. The second-order valence-corrected chi connectivity index (χ2v) is 6.59. The number of benzene rings is 1. The lowest BCUT2D eigenvalue weighted by Gasteiger charge is -2.12. The van der Waals surface area contributed by atoms with Gasteiger partial charge in [-0.2, -0.15) is 8.42 Å². The van der Waals surface area contributed by atoms with Gasteiger partial charge in [0.25, 0.3) is 10.1 Å². The van der Waals surface area contributed by atoms with Gasteiger partial charge in [0.1, 0.15) is 0 Å². The van der Waals surface area contributed by atoms with Gasteiger partial charge in [0.15, 0.2) is 0 Å². The van der Waals surface area contributed by atoms with Gasteiger partial charge in [0, 0.05) is 5.88 Å². The Bertz CT molecular complexity index is 512. The lowest BCUT2D eigenvalue weighted by atomic mass is 10.2. The standard InChI is InChI=1S/C13H17ClO4S/c1-10-2-6-13(7-3-10)19(15,16)17-9-12-5-4-11(8-14)18-12/h2-3,6-7,11-12H,4-5,8-9H2,1H3/t11-,12-/m0/s1. The first-order chi connectivity index (χ1) is 9.01. The van der Waals surface area contributed by atoms with E-state index in [1.807, 2.05) is 6.92 Å². The summed E-state index contributed by atoms with van der Waals surface area (Å²) in [5.74, 6) is 0.432. The van der Waals surface area contributed by atoms with Crippen molar-refractivity contribution >= 4 is 21.7 Å². The molecule has 1 saturated heterocycles. The van der Waals surface area contributed by atoms with Crippen LogP contribution in [0.1, 0.15) is 18.4 Å². The van der Waals surface area contributed by atoms with Crippen molar-refractivity contribution in [2.75, 3.05) is 12.5 Å². The summed E-state index contributed by atoms with van der Waals surface area (Å²) < 4.78 is 34.5. The highest BCUT2D eigenvalue weighted by Gasteiger charge is 2.27. The van der Waals surface area contributed by atoms with Gasteiger partial charge in [-0.1, -0.05) is 17.7 Å². The molecule has 19 heavy (non-hydrogen) atoms. The third-order valence-corrected chi connectivity index (χ3v) is 4.73. The van der Waals surface area contributed by atoms with Gasteiger partial charge in [-0.05, 0) is 31.9 Å². The molecule has 0 aliphatic carbocycles. The second kappa shape index (κ2) is 6.22. The maximum atomic E-state index is 11.9. The summed E-state index contributed by atoms with van der Waals surface area (Å²) in [6, 6.07) is 6.57. The molecule has 0 N–H and O–H groups in total. The molecule has 1 fully saturated rings. The first kappa shape index (κ1) is 14.8. The Morgan fingerprint density at radius 2 is 1.89 bits per heavy atom.